The van der Waals surface area contributed by atoms with Gasteiger partial charge in [0.1, 0.15) is 12.6 Å². The zero-order valence-corrected chi connectivity index (χ0v) is 34.8. The summed E-state index contributed by atoms with van der Waals surface area (Å²) in [5, 5.41) is 11.4. The smallest absolute Gasteiger partial charge is 0.409 e. The summed E-state index contributed by atoms with van der Waals surface area (Å²) in [5.74, 6) is 1.30. The first-order valence-electron chi connectivity index (χ1n) is 21.1. The molecule has 6 amide bonds. The number of ether oxygens (including phenoxy) is 1. The summed E-state index contributed by atoms with van der Waals surface area (Å²) in [6.07, 6.45) is 19.0. The van der Waals surface area contributed by atoms with Crippen LogP contribution in [0.5, 0.6) is 0 Å². The Kier molecular flexibility index (Phi) is 20.8. The number of nitrogens with one attached hydrogen (secondary N) is 4. The standard InChI is InChI=1S/C43H71N7O6/c1-6-45-39(31(2)3)41(53)48-37(19-16-26-46-42(44)54)40(52)47-35-23-20-32(21-24-35)30-56-43(55)50(5)28-27-49(4)38(51)29-34-18-15-13-11-9-7-8-10-12-14-17-33-22-25-36(33)34/h10,12,20-21,23-24,31,33-34,36-37,39,45H,6-9,11,13-19,22,25-30H2,1-5H3,(H,47,52)(H,48,53)(H3,44,46,54)/b12-10-/t33?,34?,36?,37-,39-/m0/s1. The normalized spacial score (nSPS) is 20.5. The number of carbonyl (C=O) groups excluding carboxylic acids is 5. The zero-order valence-electron chi connectivity index (χ0n) is 34.8. The highest BCUT2D eigenvalue weighted by molar-refractivity contribution is 5.97. The third kappa shape index (κ3) is 16.5. The van der Waals surface area contributed by atoms with E-state index in [2.05, 4.69) is 33.4 Å². The lowest BCUT2D eigenvalue weighted by Gasteiger charge is -2.42. The molecular weight excluding hydrogens is 711 g/mol. The summed E-state index contributed by atoms with van der Waals surface area (Å²) in [6, 6.07) is 4.99. The molecule has 5 atom stereocenters. The van der Waals surface area contributed by atoms with Crippen LogP contribution in [0.3, 0.4) is 0 Å². The summed E-state index contributed by atoms with van der Waals surface area (Å²) in [5.41, 5.74) is 6.42. The summed E-state index contributed by atoms with van der Waals surface area (Å²) < 4.78 is 5.56. The third-order valence-corrected chi connectivity index (χ3v) is 11.4. The van der Waals surface area contributed by atoms with E-state index < -0.39 is 30.1 Å². The molecule has 0 spiro atoms. The lowest BCUT2D eigenvalue weighted by molar-refractivity contribution is -0.132. The average molecular weight is 782 g/mol. The third-order valence-electron chi connectivity index (χ3n) is 11.4. The van der Waals surface area contributed by atoms with Crippen molar-refractivity contribution in [2.75, 3.05) is 45.6 Å². The molecule has 0 aliphatic heterocycles. The second-order valence-electron chi connectivity index (χ2n) is 16.1. The van der Waals surface area contributed by atoms with Crippen molar-refractivity contribution in [2.45, 2.75) is 129 Å². The van der Waals surface area contributed by atoms with Crippen molar-refractivity contribution in [3.63, 3.8) is 0 Å². The lowest BCUT2D eigenvalue weighted by Crippen LogP contribution is -2.53. The lowest BCUT2D eigenvalue weighted by atomic mass is 9.63. The first kappa shape index (κ1) is 46.3. The van der Waals surface area contributed by atoms with E-state index in [-0.39, 0.29) is 30.9 Å². The fraction of sp³-hybridized carbons (Fsp3) is 0.698. The summed E-state index contributed by atoms with van der Waals surface area (Å²) in [4.78, 5) is 67.0. The van der Waals surface area contributed by atoms with Crippen LogP contribution in [-0.4, -0.2) is 92.0 Å². The molecule has 1 aromatic carbocycles. The van der Waals surface area contributed by atoms with Crippen molar-refractivity contribution in [2.24, 2.45) is 29.4 Å². The number of benzene rings is 1. The van der Waals surface area contributed by atoms with E-state index in [9.17, 15) is 24.0 Å². The molecule has 0 bridgehead atoms. The van der Waals surface area contributed by atoms with Crippen LogP contribution in [0.4, 0.5) is 15.3 Å². The number of fused-ring (bicyclic) bond motifs is 1. The minimum absolute atomic E-state index is 0.0134. The van der Waals surface area contributed by atoms with Gasteiger partial charge in [-0.15, -0.1) is 0 Å². The Morgan fingerprint density at radius 3 is 2.23 bits per heavy atom. The maximum atomic E-state index is 13.4. The van der Waals surface area contributed by atoms with Gasteiger partial charge in [-0.2, -0.15) is 0 Å². The number of hydrogen-bond acceptors (Lipinski definition) is 7. The van der Waals surface area contributed by atoms with E-state index in [1.54, 1.807) is 36.2 Å². The van der Waals surface area contributed by atoms with Crippen LogP contribution < -0.4 is 27.0 Å². The van der Waals surface area contributed by atoms with Crippen molar-refractivity contribution in [1.82, 2.24) is 25.8 Å². The second-order valence-corrected chi connectivity index (χ2v) is 16.1. The number of carbonyl (C=O) groups is 5. The van der Waals surface area contributed by atoms with Crippen LogP contribution in [-0.2, 0) is 25.7 Å². The number of likely N-dealkylation sites (N-methyl/N-ethyl adjacent to an activating group) is 3. The molecule has 13 heteroatoms. The monoisotopic (exact) mass is 782 g/mol. The fourth-order valence-corrected chi connectivity index (χ4v) is 7.75. The van der Waals surface area contributed by atoms with Gasteiger partial charge < -0.3 is 41.5 Å². The number of amides is 6. The van der Waals surface area contributed by atoms with Gasteiger partial charge in [0, 0.05) is 45.8 Å². The van der Waals surface area contributed by atoms with Crippen LogP contribution in [0.1, 0.15) is 116 Å². The van der Waals surface area contributed by atoms with E-state index in [1.807, 2.05) is 27.8 Å². The second kappa shape index (κ2) is 25.2. The maximum Gasteiger partial charge on any atom is 0.409 e. The van der Waals surface area contributed by atoms with Gasteiger partial charge in [-0.25, -0.2) is 9.59 Å². The predicted molar refractivity (Wildman–Crippen MR) is 222 cm³/mol. The average Bonchev–Trinajstić information content (AvgIpc) is 3.15. The Morgan fingerprint density at radius 2 is 1.55 bits per heavy atom. The van der Waals surface area contributed by atoms with E-state index in [4.69, 9.17) is 10.5 Å². The van der Waals surface area contributed by atoms with Crippen LogP contribution in [0.2, 0.25) is 0 Å². The molecule has 0 saturated heterocycles. The number of allylic oxidation sites excluding steroid dienone is 2. The van der Waals surface area contributed by atoms with Gasteiger partial charge in [0.15, 0.2) is 0 Å². The molecule has 56 heavy (non-hydrogen) atoms. The van der Waals surface area contributed by atoms with Crippen molar-refractivity contribution >= 4 is 35.5 Å². The van der Waals surface area contributed by atoms with Crippen molar-refractivity contribution < 1.29 is 28.7 Å². The summed E-state index contributed by atoms with van der Waals surface area (Å²) >= 11 is 0. The molecule has 2 aliphatic carbocycles. The molecule has 1 saturated carbocycles. The molecule has 2 aliphatic rings. The maximum absolute atomic E-state index is 13.4. The van der Waals surface area contributed by atoms with E-state index in [0.717, 1.165) is 24.3 Å². The minimum Gasteiger partial charge on any atom is -0.445 e. The van der Waals surface area contributed by atoms with Crippen LogP contribution >= 0.6 is 0 Å². The van der Waals surface area contributed by atoms with Gasteiger partial charge in [0.25, 0.3) is 0 Å². The molecule has 3 rings (SSSR count). The highest BCUT2D eigenvalue weighted by atomic mass is 16.6. The van der Waals surface area contributed by atoms with Gasteiger partial charge in [-0.05, 0) is 106 Å². The number of nitrogens with two attached hydrogens (primary N) is 1. The van der Waals surface area contributed by atoms with Crippen molar-refractivity contribution in [1.29, 1.82) is 0 Å². The first-order valence-corrected chi connectivity index (χ1v) is 21.1. The largest absolute Gasteiger partial charge is 0.445 e. The molecule has 1 aromatic rings. The van der Waals surface area contributed by atoms with Gasteiger partial charge in [-0.1, -0.05) is 70.7 Å². The zero-order chi connectivity index (χ0) is 40.9. The number of primary amides is 1. The number of urea groups is 1. The molecule has 314 valence electrons. The number of rotatable bonds is 18. The predicted octanol–water partition coefficient (Wildman–Crippen LogP) is 6.33. The molecule has 1 fully saturated rings. The molecule has 0 heterocycles. The molecule has 13 nitrogen and oxygen atoms in total. The van der Waals surface area contributed by atoms with Gasteiger partial charge >= 0.3 is 12.1 Å². The topological polar surface area (TPSA) is 175 Å². The fourth-order valence-electron chi connectivity index (χ4n) is 7.75. The molecule has 3 unspecified atom stereocenters. The summed E-state index contributed by atoms with van der Waals surface area (Å²) in [7, 11) is 3.50. The Morgan fingerprint density at radius 1 is 0.857 bits per heavy atom. The highest BCUT2D eigenvalue weighted by Gasteiger charge is 2.37. The SMILES string of the molecule is CCN[C@H](C(=O)N[C@@H](CCCNC(N)=O)C(=O)Nc1ccc(COC(=O)N(C)CCN(C)C(=O)CC2CCCCCCC/C=C\CCC3CCC32)cc1)C(C)C. The Balaban J connectivity index is 1.46. The molecule has 0 aromatic heterocycles. The Labute approximate surface area is 335 Å². The van der Waals surface area contributed by atoms with E-state index >= 15 is 0 Å². The molecule has 6 N–H and O–H groups in total. The highest BCUT2D eigenvalue weighted by Crippen LogP contribution is 2.45. The Hall–Kier alpha value is -4.13. The Bertz CT molecular complexity index is 1400. The van der Waals surface area contributed by atoms with Gasteiger partial charge in [-0.3, -0.25) is 14.4 Å². The summed E-state index contributed by atoms with van der Waals surface area (Å²) in [6.45, 7) is 7.49. The van der Waals surface area contributed by atoms with Crippen molar-refractivity contribution in [3.8, 4) is 0 Å². The van der Waals surface area contributed by atoms with E-state index in [0.29, 0.717) is 56.4 Å². The van der Waals surface area contributed by atoms with Crippen LogP contribution in [0.15, 0.2) is 36.4 Å². The first-order chi connectivity index (χ1) is 26.9. The number of hydrogen-bond donors (Lipinski definition) is 5. The quantitative estimate of drug-likeness (QED) is 0.0854. The van der Waals surface area contributed by atoms with Gasteiger partial charge in [0.05, 0.1) is 6.04 Å². The van der Waals surface area contributed by atoms with E-state index in [1.165, 1.54) is 62.7 Å². The van der Waals surface area contributed by atoms with Crippen molar-refractivity contribution in [3.05, 3.63) is 42.0 Å². The van der Waals surface area contributed by atoms with Crippen LogP contribution in [0, 0.1) is 23.7 Å². The van der Waals surface area contributed by atoms with Crippen LogP contribution in [0.25, 0.3) is 0 Å². The number of anilines is 1. The number of nitrogens with zero attached hydrogens (tertiary/aromatic N) is 2. The van der Waals surface area contributed by atoms with Gasteiger partial charge in [0.2, 0.25) is 17.7 Å². The molecule has 0 radical (unpaired) electrons. The minimum atomic E-state index is -0.838. The molecular formula is C43H71N7O6.